The molecule has 0 saturated heterocycles. The molecule has 3 saturated carbocycles. The lowest BCUT2D eigenvalue weighted by Crippen LogP contribution is -2.30. The number of hydrogen-bond donors (Lipinski definition) is 1. The fourth-order valence-corrected chi connectivity index (χ4v) is 5.79. The highest BCUT2D eigenvalue weighted by Crippen LogP contribution is 2.66. The molecule has 4 rings (SSSR count). The van der Waals surface area contributed by atoms with Crippen LogP contribution in [0.15, 0.2) is 17.5 Å². The fraction of sp³-hybridized carbons (Fsp3) is 0.750. The van der Waals surface area contributed by atoms with Gasteiger partial charge in [0.05, 0.1) is 0 Å². The van der Waals surface area contributed by atoms with E-state index in [-0.39, 0.29) is 0 Å². The molecule has 98 valence electrons. The Morgan fingerprint density at radius 3 is 2.50 bits per heavy atom. The van der Waals surface area contributed by atoms with Crippen LogP contribution in [0.4, 0.5) is 0 Å². The van der Waals surface area contributed by atoms with Crippen LogP contribution in [0.5, 0.6) is 0 Å². The summed E-state index contributed by atoms with van der Waals surface area (Å²) in [4.78, 5) is 1.53. The highest BCUT2D eigenvalue weighted by Gasteiger charge is 2.65. The highest BCUT2D eigenvalue weighted by atomic mass is 32.1. The van der Waals surface area contributed by atoms with Crippen molar-refractivity contribution in [1.29, 1.82) is 0 Å². The Labute approximate surface area is 114 Å². The predicted octanol–water partition coefficient (Wildman–Crippen LogP) is 4.08. The third kappa shape index (κ3) is 1.61. The average molecular weight is 261 g/mol. The Morgan fingerprint density at radius 1 is 1.22 bits per heavy atom. The first-order valence-corrected chi connectivity index (χ1v) is 8.43. The summed E-state index contributed by atoms with van der Waals surface area (Å²) in [6.45, 7) is 4.70. The summed E-state index contributed by atoms with van der Waals surface area (Å²) in [6.07, 6.45) is 4.60. The molecule has 5 atom stereocenters. The minimum absolute atomic E-state index is 0.583. The van der Waals surface area contributed by atoms with Gasteiger partial charge < -0.3 is 5.32 Å². The third-order valence-corrected chi connectivity index (χ3v) is 6.58. The van der Waals surface area contributed by atoms with Gasteiger partial charge in [-0.1, -0.05) is 19.9 Å². The molecule has 0 spiro atoms. The zero-order valence-electron chi connectivity index (χ0n) is 11.3. The van der Waals surface area contributed by atoms with Crippen LogP contribution in [0.25, 0.3) is 0 Å². The van der Waals surface area contributed by atoms with Gasteiger partial charge in [0.2, 0.25) is 0 Å². The Bertz CT molecular complexity index is 408. The van der Waals surface area contributed by atoms with Crippen molar-refractivity contribution in [2.24, 2.45) is 29.6 Å². The van der Waals surface area contributed by atoms with E-state index in [1.807, 2.05) is 11.3 Å². The molecule has 0 radical (unpaired) electrons. The van der Waals surface area contributed by atoms with Crippen LogP contribution >= 0.6 is 11.3 Å². The van der Waals surface area contributed by atoms with Crippen LogP contribution in [0.2, 0.25) is 0 Å². The van der Waals surface area contributed by atoms with E-state index in [0.717, 1.165) is 29.7 Å². The maximum absolute atomic E-state index is 4.01. The second kappa shape index (κ2) is 4.08. The van der Waals surface area contributed by atoms with Gasteiger partial charge in [0, 0.05) is 17.0 Å². The second-order valence-corrected chi connectivity index (χ2v) is 7.90. The molecule has 1 nitrogen and oxygen atoms in total. The summed E-state index contributed by atoms with van der Waals surface area (Å²) in [5.41, 5.74) is 0. The second-order valence-electron chi connectivity index (χ2n) is 6.92. The zero-order valence-corrected chi connectivity index (χ0v) is 12.1. The number of thiophene rings is 1. The van der Waals surface area contributed by atoms with Gasteiger partial charge in [-0.3, -0.25) is 0 Å². The van der Waals surface area contributed by atoms with Gasteiger partial charge in [0.15, 0.2) is 0 Å². The van der Waals surface area contributed by atoms with Crippen LogP contribution in [0, 0.1) is 29.6 Å². The van der Waals surface area contributed by atoms with Crippen LogP contribution in [-0.2, 0) is 0 Å². The average Bonchev–Trinajstić information content (AvgIpc) is 2.85. The largest absolute Gasteiger partial charge is 0.306 e. The first-order chi connectivity index (χ1) is 8.75. The van der Waals surface area contributed by atoms with E-state index in [1.165, 1.54) is 17.7 Å². The van der Waals surface area contributed by atoms with Crippen molar-refractivity contribution in [2.75, 3.05) is 0 Å². The smallest absolute Gasteiger partial charge is 0.0440 e. The summed E-state index contributed by atoms with van der Waals surface area (Å²) in [5, 5.41) is 6.22. The van der Waals surface area contributed by atoms with Crippen molar-refractivity contribution < 1.29 is 0 Å². The summed E-state index contributed by atoms with van der Waals surface area (Å²) < 4.78 is 0. The Morgan fingerprint density at radius 2 is 1.94 bits per heavy atom. The summed E-state index contributed by atoms with van der Waals surface area (Å²) in [6, 6.07) is 5.93. The zero-order chi connectivity index (χ0) is 12.3. The van der Waals surface area contributed by atoms with E-state index in [9.17, 15) is 0 Å². The minimum Gasteiger partial charge on any atom is -0.306 e. The lowest BCUT2D eigenvalue weighted by Gasteiger charge is -2.23. The quantitative estimate of drug-likeness (QED) is 0.861. The third-order valence-electron chi connectivity index (χ3n) is 5.62. The Hall–Kier alpha value is -0.340. The monoisotopic (exact) mass is 261 g/mol. The molecule has 2 bridgehead atoms. The predicted molar refractivity (Wildman–Crippen MR) is 76.6 cm³/mol. The lowest BCUT2D eigenvalue weighted by atomic mass is 10.0. The van der Waals surface area contributed by atoms with Gasteiger partial charge in [-0.05, 0) is 60.3 Å². The van der Waals surface area contributed by atoms with E-state index in [0.29, 0.717) is 12.0 Å². The normalized spacial score (nSPS) is 42.3. The Balaban J connectivity index is 1.48. The first-order valence-electron chi connectivity index (χ1n) is 7.55. The number of rotatable bonds is 4. The van der Waals surface area contributed by atoms with Gasteiger partial charge in [0.25, 0.3) is 0 Å². The molecule has 0 aromatic carbocycles. The summed E-state index contributed by atoms with van der Waals surface area (Å²) in [7, 11) is 0. The van der Waals surface area contributed by atoms with E-state index < -0.39 is 0 Å². The molecule has 1 N–H and O–H groups in total. The summed E-state index contributed by atoms with van der Waals surface area (Å²) >= 11 is 1.91. The molecule has 1 heterocycles. The standard InChI is InChI=1S/C16H23NS/c1-9(2)15(12-4-3-7-18-12)17-16-13-10-5-6-11(8-10)14(13)16/h3-4,7,9-11,13-17H,5-6,8H2,1-2H3. The molecular formula is C16H23NS. The maximum atomic E-state index is 4.01. The molecule has 2 heteroatoms. The van der Waals surface area contributed by atoms with Crippen molar-refractivity contribution in [3.8, 4) is 0 Å². The van der Waals surface area contributed by atoms with Crippen molar-refractivity contribution in [1.82, 2.24) is 5.32 Å². The molecule has 5 unspecified atom stereocenters. The highest BCUT2D eigenvalue weighted by molar-refractivity contribution is 7.10. The Kier molecular flexibility index (Phi) is 2.60. The van der Waals surface area contributed by atoms with Gasteiger partial charge in [-0.25, -0.2) is 0 Å². The van der Waals surface area contributed by atoms with Crippen LogP contribution in [0.1, 0.15) is 44.0 Å². The molecular weight excluding hydrogens is 238 g/mol. The molecule has 3 aliphatic carbocycles. The van der Waals surface area contributed by atoms with Crippen LogP contribution in [0.3, 0.4) is 0 Å². The van der Waals surface area contributed by atoms with Gasteiger partial charge in [-0.15, -0.1) is 11.3 Å². The van der Waals surface area contributed by atoms with E-state index in [4.69, 9.17) is 0 Å². The molecule has 0 aliphatic heterocycles. The fourth-order valence-electron chi connectivity index (χ4n) is 4.83. The van der Waals surface area contributed by atoms with Crippen LogP contribution in [-0.4, -0.2) is 6.04 Å². The number of nitrogens with one attached hydrogen (secondary N) is 1. The first kappa shape index (κ1) is 11.5. The summed E-state index contributed by atoms with van der Waals surface area (Å²) in [5.74, 6) is 4.94. The van der Waals surface area contributed by atoms with Crippen molar-refractivity contribution in [2.45, 2.75) is 45.2 Å². The topological polar surface area (TPSA) is 12.0 Å². The number of hydrogen-bond acceptors (Lipinski definition) is 2. The number of fused-ring (bicyclic) bond motifs is 5. The van der Waals surface area contributed by atoms with E-state index in [2.05, 4.69) is 36.7 Å². The molecule has 1 aromatic heterocycles. The molecule has 0 amide bonds. The van der Waals surface area contributed by atoms with Gasteiger partial charge in [-0.2, -0.15) is 0 Å². The van der Waals surface area contributed by atoms with Crippen molar-refractivity contribution >= 4 is 11.3 Å². The molecule has 3 fully saturated rings. The van der Waals surface area contributed by atoms with Crippen molar-refractivity contribution in [3.05, 3.63) is 22.4 Å². The molecule has 3 aliphatic rings. The van der Waals surface area contributed by atoms with Crippen molar-refractivity contribution in [3.63, 3.8) is 0 Å². The minimum atomic E-state index is 0.583. The van der Waals surface area contributed by atoms with Gasteiger partial charge in [0.1, 0.15) is 0 Å². The molecule has 1 aromatic rings. The lowest BCUT2D eigenvalue weighted by molar-refractivity contribution is 0.366. The van der Waals surface area contributed by atoms with Gasteiger partial charge >= 0.3 is 0 Å². The van der Waals surface area contributed by atoms with Crippen LogP contribution < -0.4 is 5.32 Å². The maximum Gasteiger partial charge on any atom is 0.0440 e. The van der Waals surface area contributed by atoms with E-state index >= 15 is 0 Å². The molecule has 18 heavy (non-hydrogen) atoms. The SMILES string of the molecule is CC(C)C(NC1C2C3CCC(C3)C12)c1cccs1. The van der Waals surface area contributed by atoms with E-state index in [1.54, 1.807) is 6.42 Å².